The number of H-pyrrole nitrogens is 1. The average Bonchev–Trinajstić information content (AvgIpc) is 2.78. The maximum atomic E-state index is 11.5. The van der Waals surface area contributed by atoms with Crippen LogP contribution in [0, 0.1) is 11.3 Å². The van der Waals surface area contributed by atoms with Gasteiger partial charge in [0.2, 0.25) is 12.0 Å². The lowest BCUT2D eigenvalue weighted by molar-refractivity contribution is -0.118. The third kappa shape index (κ3) is 5.69. The average molecular weight is 420 g/mol. The van der Waals surface area contributed by atoms with Crippen molar-refractivity contribution in [1.29, 1.82) is 5.26 Å². The lowest BCUT2D eigenvalue weighted by atomic mass is 10.0. The van der Waals surface area contributed by atoms with E-state index in [0.29, 0.717) is 48.1 Å². The first-order valence-corrected chi connectivity index (χ1v) is 9.94. The number of carbonyl (C=O) groups is 1. The lowest BCUT2D eigenvalue weighted by Crippen LogP contribution is -2.28. The topological polar surface area (TPSA) is 129 Å². The van der Waals surface area contributed by atoms with Crippen LogP contribution in [0.1, 0.15) is 29.2 Å². The molecule has 1 atom stereocenters. The van der Waals surface area contributed by atoms with Crippen LogP contribution in [0.15, 0.2) is 53.3 Å². The van der Waals surface area contributed by atoms with Crippen molar-refractivity contribution in [2.24, 2.45) is 0 Å². The van der Waals surface area contributed by atoms with Crippen molar-refractivity contribution in [3.8, 4) is 11.8 Å². The molecule has 1 aromatic heterocycles. The van der Waals surface area contributed by atoms with Gasteiger partial charge in [-0.15, -0.1) is 0 Å². The Morgan fingerprint density at radius 2 is 2.06 bits per heavy atom. The Bertz CT molecular complexity index is 1150. The zero-order valence-corrected chi connectivity index (χ0v) is 16.9. The molecule has 4 N–H and O–H groups in total. The predicted molar refractivity (Wildman–Crippen MR) is 116 cm³/mol. The van der Waals surface area contributed by atoms with Crippen LogP contribution < -0.4 is 10.9 Å². The molecule has 160 valence electrons. The normalized spacial score (nSPS) is 11.7. The van der Waals surface area contributed by atoms with Gasteiger partial charge < -0.3 is 25.4 Å². The van der Waals surface area contributed by atoms with Gasteiger partial charge in [-0.2, -0.15) is 5.26 Å². The molecule has 0 fully saturated rings. The Labute approximate surface area is 179 Å². The molecule has 0 aliphatic heterocycles. The number of rotatable bonds is 10. The fraction of sp³-hybridized carbons (Fsp3) is 0.261. The summed E-state index contributed by atoms with van der Waals surface area (Å²) >= 11 is 0. The molecule has 0 aliphatic rings. The first kappa shape index (κ1) is 22.0. The lowest BCUT2D eigenvalue weighted by Gasteiger charge is -2.18. The highest BCUT2D eigenvalue weighted by Gasteiger charge is 2.13. The number of hydrogen-bond acceptors (Lipinski definition) is 6. The number of nitrogens with one attached hydrogen (secondary N) is 2. The Morgan fingerprint density at radius 3 is 2.84 bits per heavy atom. The zero-order chi connectivity index (χ0) is 22.2. The zero-order valence-electron chi connectivity index (χ0n) is 16.9. The molecule has 3 rings (SSSR count). The van der Waals surface area contributed by atoms with Crippen LogP contribution in [0.3, 0.4) is 0 Å². The van der Waals surface area contributed by atoms with Crippen LogP contribution in [0.2, 0.25) is 0 Å². The minimum absolute atomic E-state index is 0.0501. The van der Waals surface area contributed by atoms with Crippen LogP contribution in [0.5, 0.6) is 5.75 Å². The molecule has 0 bridgehead atoms. The van der Waals surface area contributed by atoms with Gasteiger partial charge in [-0.1, -0.05) is 18.2 Å². The highest BCUT2D eigenvalue weighted by Crippen LogP contribution is 2.28. The SMILES string of the molecule is N#Cc1cccc(CN(C=O)CCCNCC(O)c2ccc(O)c3[nH]c(=O)ccc23)c1. The first-order valence-electron chi connectivity index (χ1n) is 9.94. The number of aromatic hydroxyl groups is 1. The van der Waals surface area contributed by atoms with Gasteiger partial charge >= 0.3 is 0 Å². The van der Waals surface area contributed by atoms with Gasteiger partial charge in [0.25, 0.3) is 0 Å². The van der Waals surface area contributed by atoms with E-state index in [4.69, 9.17) is 5.26 Å². The number of benzene rings is 2. The molecule has 0 radical (unpaired) electrons. The van der Waals surface area contributed by atoms with Crippen LogP contribution in [0.25, 0.3) is 10.9 Å². The fourth-order valence-electron chi connectivity index (χ4n) is 3.45. The quantitative estimate of drug-likeness (QED) is 0.292. The van der Waals surface area contributed by atoms with Gasteiger partial charge in [0.15, 0.2) is 0 Å². The molecule has 8 nitrogen and oxygen atoms in total. The molecule has 0 aliphatic carbocycles. The smallest absolute Gasteiger partial charge is 0.248 e. The van der Waals surface area contributed by atoms with Gasteiger partial charge in [0.05, 0.1) is 23.3 Å². The van der Waals surface area contributed by atoms with Crippen molar-refractivity contribution in [3.05, 3.63) is 75.6 Å². The highest BCUT2D eigenvalue weighted by atomic mass is 16.3. The second-order valence-corrected chi connectivity index (χ2v) is 7.25. The second-order valence-electron chi connectivity index (χ2n) is 7.25. The van der Waals surface area contributed by atoms with Crippen LogP contribution in [-0.4, -0.2) is 46.1 Å². The largest absolute Gasteiger partial charge is 0.506 e. The number of phenolic OH excluding ortho intramolecular Hbond substituents is 1. The van der Waals surface area contributed by atoms with E-state index < -0.39 is 6.10 Å². The van der Waals surface area contributed by atoms with E-state index in [0.717, 1.165) is 12.0 Å². The number of nitriles is 1. The van der Waals surface area contributed by atoms with Crippen LogP contribution >= 0.6 is 0 Å². The molecular formula is C23H24N4O4. The number of fused-ring (bicyclic) bond motifs is 1. The summed E-state index contributed by atoms with van der Waals surface area (Å²) in [6.07, 6.45) is 0.648. The summed E-state index contributed by atoms with van der Waals surface area (Å²) in [5.74, 6) is -0.0501. The van der Waals surface area contributed by atoms with Crippen molar-refractivity contribution in [2.45, 2.75) is 19.1 Å². The highest BCUT2D eigenvalue weighted by molar-refractivity contribution is 5.87. The molecule has 31 heavy (non-hydrogen) atoms. The van der Waals surface area contributed by atoms with E-state index in [1.165, 1.54) is 12.1 Å². The standard InChI is InChI=1S/C23H24N4O4/c24-12-16-3-1-4-17(11-16)14-27(15-28)10-2-9-25-13-21(30)18-5-7-20(29)23-19(18)6-8-22(31)26-23/h1,3-8,11,15,21,25,29-30H,2,9-10,13-14H2,(H,26,31). The van der Waals surface area contributed by atoms with E-state index in [1.54, 1.807) is 35.2 Å². The summed E-state index contributed by atoms with van der Waals surface area (Å²) < 4.78 is 0. The number of aromatic nitrogens is 1. The summed E-state index contributed by atoms with van der Waals surface area (Å²) in [6.45, 7) is 1.84. The van der Waals surface area contributed by atoms with Crippen molar-refractivity contribution in [1.82, 2.24) is 15.2 Å². The van der Waals surface area contributed by atoms with Crippen molar-refractivity contribution in [3.63, 3.8) is 0 Å². The van der Waals surface area contributed by atoms with Gasteiger partial charge in [0.1, 0.15) is 5.75 Å². The molecule has 8 heteroatoms. The van der Waals surface area contributed by atoms with Crippen LogP contribution in [-0.2, 0) is 11.3 Å². The van der Waals surface area contributed by atoms with Gasteiger partial charge in [-0.3, -0.25) is 9.59 Å². The number of aliphatic hydroxyl groups is 1. The van der Waals surface area contributed by atoms with Gasteiger partial charge in [-0.05, 0) is 48.4 Å². The van der Waals surface area contributed by atoms with Crippen molar-refractivity contribution in [2.75, 3.05) is 19.6 Å². The number of pyridine rings is 1. The summed E-state index contributed by atoms with van der Waals surface area (Å²) in [7, 11) is 0. The first-order chi connectivity index (χ1) is 15.0. The molecule has 1 unspecified atom stereocenters. The van der Waals surface area contributed by atoms with Crippen LogP contribution in [0.4, 0.5) is 0 Å². The summed E-state index contributed by atoms with van der Waals surface area (Å²) in [4.78, 5) is 27.1. The second kappa shape index (κ2) is 10.4. The Hall–Kier alpha value is -3.67. The number of nitrogens with zero attached hydrogens (tertiary/aromatic N) is 2. The van der Waals surface area contributed by atoms with Gasteiger partial charge in [0, 0.05) is 31.1 Å². The molecule has 1 amide bonds. The third-order valence-corrected chi connectivity index (χ3v) is 4.99. The monoisotopic (exact) mass is 420 g/mol. The van der Waals surface area contributed by atoms with E-state index >= 15 is 0 Å². The fourth-order valence-corrected chi connectivity index (χ4v) is 3.45. The number of phenols is 1. The molecule has 0 saturated carbocycles. The van der Waals surface area contributed by atoms with E-state index in [2.05, 4.69) is 16.4 Å². The predicted octanol–water partition coefficient (Wildman–Crippen LogP) is 1.78. The van der Waals surface area contributed by atoms with E-state index in [1.807, 2.05) is 6.07 Å². The number of amides is 1. The van der Waals surface area contributed by atoms with Gasteiger partial charge in [-0.25, -0.2) is 0 Å². The van der Waals surface area contributed by atoms with Crippen molar-refractivity contribution < 1.29 is 15.0 Å². The maximum Gasteiger partial charge on any atom is 0.248 e. The molecule has 1 heterocycles. The minimum atomic E-state index is -0.829. The number of carbonyl (C=O) groups excluding carboxylic acids is 1. The Kier molecular flexibility index (Phi) is 7.38. The number of aliphatic hydroxyl groups excluding tert-OH is 1. The molecular weight excluding hydrogens is 396 g/mol. The Balaban J connectivity index is 1.50. The van der Waals surface area contributed by atoms with E-state index in [9.17, 15) is 19.8 Å². The Morgan fingerprint density at radius 1 is 1.23 bits per heavy atom. The minimum Gasteiger partial charge on any atom is -0.506 e. The van der Waals surface area contributed by atoms with E-state index in [-0.39, 0.29) is 17.9 Å². The summed E-state index contributed by atoms with van der Waals surface area (Å²) in [5, 5.41) is 33.2. The molecule has 0 spiro atoms. The summed E-state index contributed by atoms with van der Waals surface area (Å²) in [5.41, 5.74) is 2.03. The maximum absolute atomic E-state index is 11.5. The third-order valence-electron chi connectivity index (χ3n) is 4.99. The number of hydrogen-bond donors (Lipinski definition) is 4. The van der Waals surface area contributed by atoms with Crippen molar-refractivity contribution >= 4 is 17.3 Å². The molecule has 3 aromatic rings. The summed E-state index contributed by atoms with van der Waals surface area (Å²) in [6, 6.07) is 15.3. The number of aromatic amines is 1. The molecule has 2 aromatic carbocycles. The molecule has 0 saturated heterocycles.